The Morgan fingerprint density at radius 2 is 2.05 bits per heavy atom. The number of nitrogens with one attached hydrogen (secondary N) is 1. The van der Waals surface area contributed by atoms with Crippen LogP contribution in [0.4, 0.5) is 11.9 Å². The molecule has 3 rings (SSSR count). The quantitative estimate of drug-likeness (QED) is 0.853. The fourth-order valence-corrected chi connectivity index (χ4v) is 2.21. The number of rotatable bonds is 4. The van der Waals surface area contributed by atoms with Crippen LogP contribution in [-0.2, 0) is 18.2 Å². The summed E-state index contributed by atoms with van der Waals surface area (Å²) in [6.07, 6.45) is 4.27. The Morgan fingerprint density at radius 3 is 2.71 bits per heavy atom. The molecule has 8 nitrogen and oxygen atoms in total. The Bertz CT molecular complexity index is 606. The highest BCUT2D eigenvalue weighted by Gasteiger charge is 2.17. The molecule has 1 saturated heterocycles. The smallest absolute Gasteiger partial charge is 0.230 e. The fourth-order valence-electron chi connectivity index (χ4n) is 2.21. The number of imidazole rings is 1. The lowest BCUT2D eigenvalue weighted by Crippen LogP contribution is -2.37. The highest BCUT2D eigenvalue weighted by molar-refractivity contribution is 5.37. The van der Waals surface area contributed by atoms with Crippen LogP contribution in [0.1, 0.15) is 11.6 Å². The second kappa shape index (κ2) is 6.04. The van der Waals surface area contributed by atoms with Crippen molar-refractivity contribution in [3.8, 4) is 0 Å². The molecule has 0 saturated carbocycles. The molecule has 0 aromatic carbocycles. The largest absolute Gasteiger partial charge is 0.378 e. The van der Waals surface area contributed by atoms with Crippen LogP contribution in [0.15, 0.2) is 12.4 Å². The monoisotopic (exact) mass is 289 g/mol. The van der Waals surface area contributed by atoms with Crippen molar-refractivity contribution in [1.29, 1.82) is 0 Å². The second-order valence-corrected chi connectivity index (χ2v) is 4.86. The van der Waals surface area contributed by atoms with Crippen molar-refractivity contribution in [2.24, 2.45) is 7.05 Å². The molecule has 0 unspecified atom stereocenters. The SMILES string of the molecule is CNc1nc(Cc2nccn2C)nc(N2CCOCC2)n1. The minimum atomic E-state index is 0.579. The molecule has 2 aromatic rings. The molecule has 1 N–H and O–H groups in total. The third kappa shape index (κ3) is 3.10. The zero-order chi connectivity index (χ0) is 14.7. The Labute approximate surface area is 123 Å². The highest BCUT2D eigenvalue weighted by Crippen LogP contribution is 2.14. The number of aryl methyl sites for hydroxylation is 1. The lowest BCUT2D eigenvalue weighted by atomic mass is 10.3. The molecule has 0 amide bonds. The predicted octanol–water partition coefficient (Wildman–Crippen LogP) is 0.0742. The lowest BCUT2D eigenvalue weighted by Gasteiger charge is -2.27. The molecule has 0 bridgehead atoms. The van der Waals surface area contributed by atoms with Gasteiger partial charge in [0.25, 0.3) is 0 Å². The molecule has 1 aliphatic heterocycles. The number of hydrogen-bond donors (Lipinski definition) is 1. The molecular weight excluding hydrogens is 270 g/mol. The highest BCUT2D eigenvalue weighted by atomic mass is 16.5. The number of nitrogens with zero attached hydrogens (tertiary/aromatic N) is 6. The molecule has 8 heteroatoms. The van der Waals surface area contributed by atoms with Crippen LogP contribution in [0.2, 0.25) is 0 Å². The Hall–Kier alpha value is -2.22. The first-order valence-electron chi connectivity index (χ1n) is 6.98. The number of morpholine rings is 1. The van der Waals surface area contributed by atoms with E-state index >= 15 is 0 Å². The minimum Gasteiger partial charge on any atom is -0.378 e. The molecule has 2 aromatic heterocycles. The van der Waals surface area contributed by atoms with Gasteiger partial charge in [-0.3, -0.25) is 0 Å². The maximum absolute atomic E-state index is 5.37. The van der Waals surface area contributed by atoms with Crippen molar-refractivity contribution in [2.75, 3.05) is 43.6 Å². The van der Waals surface area contributed by atoms with Gasteiger partial charge >= 0.3 is 0 Å². The van der Waals surface area contributed by atoms with Gasteiger partial charge in [0.05, 0.1) is 19.6 Å². The summed E-state index contributed by atoms with van der Waals surface area (Å²) in [6.45, 7) is 3.01. The van der Waals surface area contributed by atoms with E-state index in [1.807, 2.05) is 24.9 Å². The maximum Gasteiger partial charge on any atom is 0.230 e. The Kier molecular flexibility index (Phi) is 3.96. The predicted molar refractivity (Wildman–Crippen MR) is 78.4 cm³/mol. The molecule has 112 valence electrons. The standard InChI is InChI=1S/C13H19N7O/c1-14-12-16-10(9-11-15-3-4-19(11)2)17-13(18-12)20-5-7-21-8-6-20/h3-4H,5-9H2,1-2H3,(H,14,16,17,18). The third-order valence-corrected chi connectivity index (χ3v) is 3.42. The van der Waals surface area contributed by atoms with Crippen LogP contribution in [0, 0.1) is 0 Å². The summed E-state index contributed by atoms with van der Waals surface area (Å²) < 4.78 is 7.34. The first-order chi connectivity index (χ1) is 10.3. The zero-order valence-electron chi connectivity index (χ0n) is 12.3. The van der Waals surface area contributed by atoms with Gasteiger partial charge in [-0.25, -0.2) is 4.98 Å². The number of aromatic nitrogens is 5. The topological polar surface area (TPSA) is 81.0 Å². The van der Waals surface area contributed by atoms with Crippen LogP contribution in [0.3, 0.4) is 0 Å². The van der Waals surface area contributed by atoms with Crippen molar-refractivity contribution in [2.45, 2.75) is 6.42 Å². The van der Waals surface area contributed by atoms with Crippen LogP contribution in [-0.4, -0.2) is 57.9 Å². The van der Waals surface area contributed by atoms with E-state index in [4.69, 9.17) is 4.74 Å². The number of hydrogen-bond acceptors (Lipinski definition) is 7. The van der Waals surface area contributed by atoms with E-state index in [1.165, 1.54) is 0 Å². The number of ether oxygens (including phenoxy) is 1. The van der Waals surface area contributed by atoms with Crippen LogP contribution >= 0.6 is 0 Å². The van der Waals surface area contributed by atoms with Gasteiger partial charge in [-0.15, -0.1) is 0 Å². The Morgan fingerprint density at radius 1 is 1.24 bits per heavy atom. The normalized spacial score (nSPS) is 15.2. The molecular formula is C13H19N7O. The summed E-state index contributed by atoms with van der Waals surface area (Å²) in [6, 6.07) is 0. The van der Waals surface area contributed by atoms with E-state index in [-0.39, 0.29) is 0 Å². The molecule has 3 heterocycles. The second-order valence-electron chi connectivity index (χ2n) is 4.86. The molecule has 0 radical (unpaired) electrons. The molecule has 0 aliphatic carbocycles. The van der Waals surface area contributed by atoms with Crippen LogP contribution in [0.5, 0.6) is 0 Å². The van der Waals surface area contributed by atoms with E-state index in [0.29, 0.717) is 37.4 Å². The molecule has 1 fully saturated rings. The minimum absolute atomic E-state index is 0.579. The van der Waals surface area contributed by atoms with Crippen molar-refractivity contribution in [1.82, 2.24) is 24.5 Å². The summed E-state index contributed by atoms with van der Waals surface area (Å²) in [7, 11) is 3.77. The van der Waals surface area contributed by atoms with E-state index in [1.54, 1.807) is 6.20 Å². The summed E-state index contributed by atoms with van der Waals surface area (Å²) in [5.74, 6) is 2.92. The first-order valence-corrected chi connectivity index (χ1v) is 6.98. The van der Waals surface area contributed by atoms with E-state index in [9.17, 15) is 0 Å². The lowest BCUT2D eigenvalue weighted by molar-refractivity contribution is 0.122. The first kappa shape index (κ1) is 13.7. The van der Waals surface area contributed by atoms with E-state index in [0.717, 1.165) is 18.9 Å². The third-order valence-electron chi connectivity index (χ3n) is 3.42. The summed E-state index contributed by atoms with van der Waals surface area (Å²) in [5.41, 5.74) is 0. The van der Waals surface area contributed by atoms with Crippen molar-refractivity contribution in [3.05, 3.63) is 24.0 Å². The average Bonchev–Trinajstić information content (AvgIpc) is 2.93. The summed E-state index contributed by atoms with van der Waals surface area (Å²) in [4.78, 5) is 19.9. The van der Waals surface area contributed by atoms with Crippen LogP contribution in [0.25, 0.3) is 0 Å². The molecule has 21 heavy (non-hydrogen) atoms. The van der Waals surface area contributed by atoms with Gasteiger partial charge in [0.1, 0.15) is 11.6 Å². The fraction of sp³-hybridized carbons (Fsp3) is 0.538. The van der Waals surface area contributed by atoms with Gasteiger partial charge in [0.15, 0.2) is 0 Å². The summed E-state index contributed by atoms with van der Waals surface area (Å²) >= 11 is 0. The van der Waals surface area contributed by atoms with Crippen molar-refractivity contribution < 1.29 is 4.74 Å². The number of anilines is 2. The maximum atomic E-state index is 5.37. The zero-order valence-corrected chi connectivity index (χ0v) is 12.3. The molecule has 1 aliphatic rings. The van der Waals surface area contributed by atoms with E-state index < -0.39 is 0 Å². The molecule has 0 atom stereocenters. The van der Waals surface area contributed by atoms with Gasteiger partial charge in [0, 0.05) is 39.6 Å². The van der Waals surface area contributed by atoms with Crippen molar-refractivity contribution >= 4 is 11.9 Å². The summed E-state index contributed by atoms with van der Waals surface area (Å²) in [5, 5.41) is 2.99. The van der Waals surface area contributed by atoms with Gasteiger partial charge in [0.2, 0.25) is 11.9 Å². The van der Waals surface area contributed by atoms with Gasteiger partial charge in [-0.1, -0.05) is 0 Å². The van der Waals surface area contributed by atoms with E-state index in [2.05, 4.69) is 30.2 Å². The van der Waals surface area contributed by atoms with Gasteiger partial charge in [-0.05, 0) is 0 Å². The Balaban J connectivity index is 1.87. The van der Waals surface area contributed by atoms with Gasteiger partial charge < -0.3 is 19.5 Å². The van der Waals surface area contributed by atoms with Crippen LogP contribution < -0.4 is 10.2 Å². The van der Waals surface area contributed by atoms with Gasteiger partial charge in [-0.2, -0.15) is 15.0 Å². The molecule has 0 spiro atoms. The average molecular weight is 289 g/mol. The van der Waals surface area contributed by atoms with Crippen molar-refractivity contribution in [3.63, 3.8) is 0 Å².